The van der Waals surface area contributed by atoms with Gasteiger partial charge < -0.3 is 10.4 Å². The summed E-state index contributed by atoms with van der Waals surface area (Å²) in [5, 5.41) is 11.9. The second-order valence-electron chi connectivity index (χ2n) is 4.08. The predicted molar refractivity (Wildman–Crippen MR) is 61.1 cm³/mol. The van der Waals surface area contributed by atoms with Crippen LogP contribution in [-0.2, 0) is 4.79 Å². The Kier molecular flexibility index (Phi) is 3.52. The van der Waals surface area contributed by atoms with Crippen LogP contribution < -0.4 is 5.32 Å². The van der Waals surface area contributed by atoms with Crippen LogP contribution in [0.25, 0.3) is 0 Å². The van der Waals surface area contributed by atoms with Crippen molar-refractivity contribution in [2.45, 2.75) is 32.7 Å². The molecular formula is C12H16FNO2. The first kappa shape index (κ1) is 12.5. The number of rotatable bonds is 4. The molecule has 0 fully saturated rings. The second-order valence-corrected chi connectivity index (χ2v) is 4.08. The molecule has 88 valence electrons. The molecule has 0 aromatic heterocycles. The van der Waals surface area contributed by atoms with Crippen LogP contribution in [0.2, 0.25) is 0 Å². The number of anilines is 1. The van der Waals surface area contributed by atoms with Crippen LogP contribution in [0.1, 0.15) is 25.8 Å². The van der Waals surface area contributed by atoms with Gasteiger partial charge in [-0.15, -0.1) is 0 Å². The summed E-state index contributed by atoms with van der Waals surface area (Å²) in [5.74, 6) is -1.29. The SMILES string of the molecule is CCC(C)(Nc1ccc(C)c(F)c1)C(=O)O. The summed E-state index contributed by atoms with van der Waals surface area (Å²) < 4.78 is 13.3. The van der Waals surface area contributed by atoms with Crippen molar-refractivity contribution in [1.29, 1.82) is 0 Å². The lowest BCUT2D eigenvalue weighted by Gasteiger charge is -2.26. The third kappa shape index (κ3) is 2.51. The molecule has 1 aromatic carbocycles. The first-order valence-corrected chi connectivity index (χ1v) is 5.17. The third-order valence-electron chi connectivity index (χ3n) is 2.77. The zero-order valence-corrected chi connectivity index (χ0v) is 9.67. The molecule has 0 spiro atoms. The zero-order valence-electron chi connectivity index (χ0n) is 9.67. The van der Waals surface area contributed by atoms with Gasteiger partial charge >= 0.3 is 5.97 Å². The molecule has 0 radical (unpaired) electrons. The first-order valence-electron chi connectivity index (χ1n) is 5.17. The van der Waals surface area contributed by atoms with E-state index in [1.807, 2.05) is 0 Å². The normalized spacial score (nSPS) is 14.2. The number of aliphatic carboxylic acids is 1. The predicted octanol–water partition coefficient (Wildman–Crippen LogP) is 2.80. The number of carboxylic acids is 1. The number of carboxylic acid groups (broad SMARTS) is 1. The summed E-state index contributed by atoms with van der Waals surface area (Å²) in [4.78, 5) is 11.1. The van der Waals surface area contributed by atoms with Crippen LogP contribution in [0, 0.1) is 12.7 Å². The lowest BCUT2D eigenvalue weighted by atomic mass is 9.98. The highest BCUT2D eigenvalue weighted by atomic mass is 19.1. The largest absolute Gasteiger partial charge is 0.480 e. The molecule has 0 saturated carbocycles. The lowest BCUT2D eigenvalue weighted by Crippen LogP contribution is -2.42. The Bertz CT molecular complexity index is 406. The minimum atomic E-state index is -1.07. The third-order valence-corrected chi connectivity index (χ3v) is 2.77. The molecule has 0 aliphatic rings. The number of carbonyl (C=O) groups is 1. The van der Waals surface area contributed by atoms with E-state index in [2.05, 4.69) is 5.32 Å². The van der Waals surface area contributed by atoms with Gasteiger partial charge in [-0.3, -0.25) is 0 Å². The Balaban J connectivity index is 2.95. The fraction of sp³-hybridized carbons (Fsp3) is 0.417. The van der Waals surface area contributed by atoms with Gasteiger partial charge in [-0.25, -0.2) is 9.18 Å². The van der Waals surface area contributed by atoms with Crippen LogP contribution in [-0.4, -0.2) is 16.6 Å². The average molecular weight is 225 g/mol. The van der Waals surface area contributed by atoms with Crippen molar-refractivity contribution in [3.63, 3.8) is 0 Å². The maximum Gasteiger partial charge on any atom is 0.329 e. The smallest absolute Gasteiger partial charge is 0.329 e. The fourth-order valence-electron chi connectivity index (χ4n) is 1.28. The first-order chi connectivity index (χ1) is 7.39. The molecule has 0 aliphatic carbocycles. The average Bonchev–Trinajstić information content (AvgIpc) is 2.23. The fourth-order valence-corrected chi connectivity index (χ4v) is 1.28. The van der Waals surface area contributed by atoms with Crippen molar-refractivity contribution in [3.8, 4) is 0 Å². The molecule has 0 amide bonds. The second kappa shape index (κ2) is 4.51. The van der Waals surface area contributed by atoms with E-state index >= 15 is 0 Å². The van der Waals surface area contributed by atoms with Gasteiger partial charge in [0, 0.05) is 5.69 Å². The Morgan fingerprint density at radius 1 is 1.56 bits per heavy atom. The van der Waals surface area contributed by atoms with E-state index in [-0.39, 0.29) is 5.82 Å². The summed E-state index contributed by atoms with van der Waals surface area (Å²) in [6.07, 6.45) is 0.415. The number of hydrogen-bond donors (Lipinski definition) is 2. The molecular weight excluding hydrogens is 209 g/mol. The van der Waals surface area contributed by atoms with Crippen LogP contribution in [0.4, 0.5) is 10.1 Å². The standard InChI is InChI=1S/C12H16FNO2/c1-4-12(3,11(15)16)14-9-6-5-8(2)10(13)7-9/h5-7,14H,4H2,1-3H3,(H,15,16). The van der Waals surface area contributed by atoms with Crippen LogP contribution in [0.15, 0.2) is 18.2 Å². The molecule has 1 aromatic rings. The number of nitrogens with one attached hydrogen (secondary N) is 1. The molecule has 1 unspecified atom stereocenters. The van der Waals surface area contributed by atoms with E-state index in [9.17, 15) is 9.18 Å². The van der Waals surface area contributed by atoms with Gasteiger partial charge in [0.1, 0.15) is 11.4 Å². The summed E-state index contributed by atoms with van der Waals surface area (Å²) in [6, 6.07) is 4.61. The van der Waals surface area contributed by atoms with Crippen molar-refractivity contribution >= 4 is 11.7 Å². The van der Waals surface area contributed by atoms with E-state index < -0.39 is 11.5 Å². The molecule has 0 saturated heterocycles. The van der Waals surface area contributed by atoms with Gasteiger partial charge in [-0.2, -0.15) is 0 Å². The molecule has 0 bridgehead atoms. The highest BCUT2D eigenvalue weighted by Crippen LogP contribution is 2.20. The van der Waals surface area contributed by atoms with Gasteiger partial charge in [-0.1, -0.05) is 13.0 Å². The van der Waals surface area contributed by atoms with Crippen LogP contribution in [0.3, 0.4) is 0 Å². The van der Waals surface area contributed by atoms with Crippen molar-refractivity contribution in [1.82, 2.24) is 0 Å². The van der Waals surface area contributed by atoms with Crippen molar-refractivity contribution < 1.29 is 14.3 Å². The van der Waals surface area contributed by atoms with E-state index in [0.29, 0.717) is 17.7 Å². The molecule has 1 rings (SSSR count). The number of halogens is 1. The molecule has 1 atom stereocenters. The Hall–Kier alpha value is -1.58. The number of benzene rings is 1. The Morgan fingerprint density at radius 3 is 2.62 bits per heavy atom. The van der Waals surface area contributed by atoms with Gasteiger partial charge in [0.15, 0.2) is 0 Å². The van der Waals surface area contributed by atoms with Gasteiger partial charge in [-0.05, 0) is 38.0 Å². The zero-order chi connectivity index (χ0) is 12.3. The monoisotopic (exact) mass is 225 g/mol. The molecule has 16 heavy (non-hydrogen) atoms. The minimum absolute atomic E-state index is 0.339. The number of aryl methyl sites for hydroxylation is 1. The van der Waals surface area contributed by atoms with E-state index in [1.165, 1.54) is 6.07 Å². The van der Waals surface area contributed by atoms with Crippen LogP contribution >= 0.6 is 0 Å². The summed E-state index contributed by atoms with van der Waals surface area (Å²) in [5.41, 5.74) is -0.0456. The molecule has 4 heteroatoms. The number of hydrogen-bond acceptors (Lipinski definition) is 2. The van der Waals surface area contributed by atoms with E-state index in [0.717, 1.165) is 0 Å². The highest BCUT2D eigenvalue weighted by Gasteiger charge is 2.30. The quantitative estimate of drug-likeness (QED) is 0.828. The molecule has 0 aliphatic heterocycles. The van der Waals surface area contributed by atoms with Crippen molar-refractivity contribution in [2.75, 3.05) is 5.32 Å². The summed E-state index contributed by atoms with van der Waals surface area (Å²) in [6.45, 7) is 5.01. The summed E-state index contributed by atoms with van der Waals surface area (Å²) in [7, 11) is 0. The Morgan fingerprint density at radius 2 is 2.19 bits per heavy atom. The maximum atomic E-state index is 13.3. The molecule has 3 nitrogen and oxygen atoms in total. The summed E-state index contributed by atoms with van der Waals surface area (Å²) >= 11 is 0. The van der Waals surface area contributed by atoms with Crippen molar-refractivity contribution in [2.24, 2.45) is 0 Å². The maximum absolute atomic E-state index is 13.3. The Labute approximate surface area is 94.3 Å². The van der Waals surface area contributed by atoms with Crippen LogP contribution in [0.5, 0.6) is 0 Å². The highest BCUT2D eigenvalue weighted by molar-refractivity contribution is 5.82. The minimum Gasteiger partial charge on any atom is -0.480 e. The van der Waals surface area contributed by atoms with Gasteiger partial charge in [0.25, 0.3) is 0 Å². The van der Waals surface area contributed by atoms with Gasteiger partial charge in [0.05, 0.1) is 0 Å². The van der Waals surface area contributed by atoms with Gasteiger partial charge in [0.2, 0.25) is 0 Å². The lowest BCUT2D eigenvalue weighted by molar-refractivity contribution is -0.141. The molecule has 0 heterocycles. The topological polar surface area (TPSA) is 49.3 Å². The van der Waals surface area contributed by atoms with Crippen molar-refractivity contribution in [3.05, 3.63) is 29.6 Å². The van der Waals surface area contributed by atoms with E-state index in [1.54, 1.807) is 32.9 Å². The van der Waals surface area contributed by atoms with E-state index in [4.69, 9.17) is 5.11 Å². The molecule has 2 N–H and O–H groups in total.